The fraction of sp³-hybridized carbons (Fsp3) is 0.323. The molecule has 1 fully saturated rings. The van der Waals surface area contributed by atoms with Crippen LogP contribution in [0.25, 0.3) is 22.0 Å². The highest BCUT2D eigenvalue weighted by molar-refractivity contribution is 5.95. The van der Waals surface area contributed by atoms with E-state index in [1.165, 1.54) is 10.8 Å². The first-order valence-corrected chi connectivity index (χ1v) is 13.0. The van der Waals surface area contributed by atoms with Crippen LogP contribution >= 0.6 is 0 Å². The van der Waals surface area contributed by atoms with E-state index in [0.717, 1.165) is 66.9 Å². The van der Waals surface area contributed by atoms with E-state index in [2.05, 4.69) is 59.2 Å². The molecule has 2 heterocycles. The van der Waals surface area contributed by atoms with Crippen molar-refractivity contribution in [1.29, 1.82) is 0 Å². The van der Waals surface area contributed by atoms with Crippen LogP contribution in [0.4, 0.5) is 5.82 Å². The zero-order chi connectivity index (χ0) is 25.5. The van der Waals surface area contributed by atoms with Crippen LogP contribution in [0, 0.1) is 0 Å². The third-order valence-electron chi connectivity index (χ3n) is 6.90. The molecular weight excluding hydrogens is 462 g/mol. The summed E-state index contributed by atoms with van der Waals surface area (Å²) >= 11 is 0. The summed E-state index contributed by atoms with van der Waals surface area (Å²) in [6.45, 7) is 8.94. The Hall–Kier alpha value is -3.61. The molecule has 5 rings (SSSR count). The number of piperazine rings is 1. The minimum absolute atomic E-state index is 0.470. The average Bonchev–Trinajstić information content (AvgIpc) is 2.97. The summed E-state index contributed by atoms with van der Waals surface area (Å²) in [5, 5.41) is 2.36. The molecule has 0 spiro atoms. The van der Waals surface area contributed by atoms with Gasteiger partial charge in [-0.05, 0) is 35.7 Å². The maximum atomic E-state index is 5.95. The Balaban J connectivity index is 1.32. The van der Waals surface area contributed by atoms with Crippen LogP contribution in [0.15, 0.2) is 78.9 Å². The number of ether oxygens (including phenoxy) is 3. The number of pyridine rings is 1. The van der Waals surface area contributed by atoms with Crippen LogP contribution in [-0.4, -0.2) is 62.9 Å². The zero-order valence-corrected chi connectivity index (χ0v) is 21.7. The molecule has 1 saturated heterocycles. The van der Waals surface area contributed by atoms with Crippen LogP contribution in [0.1, 0.15) is 12.5 Å². The fourth-order valence-corrected chi connectivity index (χ4v) is 4.79. The van der Waals surface area contributed by atoms with E-state index in [1.807, 2.05) is 36.4 Å². The Morgan fingerprint density at radius 2 is 1.62 bits per heavy atom. The van der Waals surface area contributed by atoms with E-state index in [-0.39, 0.29) is 0 Å². The maximum absolute atomic E-state index is 5.95. The number of nitrogens with zero attached hydrogens (tertiary/aromatic N) is 3. The lowest BCUT2D eigenvalue weighted by Gasteiger charge is -2.35. The Morgan fingerprint density at radius 1 is 0.838 bits per heavy atom. The molecule has 0 atom stereocenters. The molecule has 1 aliphatic heterocycles. The van der Waals surface area contributed by atoms with Crippen molar-refractivity contribution in [3.8, 4) is 22.8 Å². The number of methoxy groups -OCH3 is 1. The van der Waals surface area contributed by atoms with Gasteiger partial charge in [0.15, 0.2) is 0 Å². The lowest BCUT2D eigenvalue weighted by molar-refractivity contribution is 0.0888. The molecule has 0 radical (unpaired) electrons. The summed E-state index contributed by atoms with van der Waals surface area (Å²) in [6, 6.07) is 26.7. The van der Waals surface area contributed by atoms with Gasteiger partial charge in [-0.15, -0.1) is 0 Å². The number of fused-ring (bicyclic) bond motifs is 1. The van der Waals surface area contributed by atoms with Crippen molar-refractivity contribution in [2.24, 2.45) is 0 Å². The second-order valence-corrected chi connectivity index (χ2v) is 9.22. The van der Waals surface area contributed by atoms with Gasteiger partial charge < -0.3 is 24.0 Å². The second-order valence-electron chi connectivity index (χ2n) is 9.22. The molecular formula is C31H35N3O3. The highest BCUT2D eigenvalue weighted by Crippen LogP contribution is 2.36. The molecule has 1 aromatic heterocycles. The summed E-state index contributed by atoms with van der Waals surface area (Å²) in [5.41, 5.74) is 3.01. The third kappa shape index (κ3) is 6.04. The van der Waals surface area contributed by atoms with E-state index in [9.17, 15) is 0 Å². The number of hydrogen-bond acceptors (Lipinski definition) is 6. The summed E-state index contributed by atoms with van der Waals surface area (Å²) < 4.78 is 17.5. The Bertz CT molecular complexity index is 1300. The minimum atomic E-state index is 0.470. The molecule has 0 bridgehead atoms. The summed E-state index contributed by atoms with van der Waals surface area (Å²) in [7, 11) is 1.69. The van der Waals surface area contributed by atoms with Gasteiger partial charge in [0, 0.05) is 43.2 Å². The van der Waals surface area contributed by atoms with Crippen LogP contribution in [0.5, 0.6) is 11.5 Å². The summed E-state index contributed by atoms with van der Waals surface area (Å²) in [6.07, 6.45) is 0. The van der Waals surface area contributed by atoms with Crippen LogP contribution in [0.2, 0.25) is 0 Å². The SMILES string of the molecule is CCN1CCN(c2nc(-c3ccc(OCCOCc4ccccc4)cc3OC)cc3ccccc23)CC1. The van der Waals surface area contributed by atoms with Crippen molar-refractivity contribution in [2.45, 2.75) is 13.5 Å². The normalized spacial score (nSPS) is 14.2. The van der Waals surface area contributed by atoms with Crippen LogP contribution < -0.4 is 14.4 Å². The fourth-order valence-electron chi connectivity index (χ4n) is 4.79. The first-order chi connectivity index (χ1) is 18.2. The van der Waals surface area contributed by atoms with Gasteiger partial charge in [0.2, 0.25) is 0 Å². The number of likely N-dealkylation sites (N-methyl/N-ethyl adjacent to an activating group) is 1. The maximum Gasteiger partial charge on any atom is 0.137 e. The average molecular weight is 498 g/mol. The first kappa shape index (κ1) is 25.1. The van der Waals surface area contributed by atoms with Crippen LogP contribution in [-0.2, 0) is 11.3 Å². The van der Waals surface area contributed by atoms with E-state index >= 15 is 0 Å². The lowest BCUT2D eigenvalue weighted by atomic mass is 10.0. The monoisotopic (exact) mass is 497 g/mol. The van der Waals surface area contributed by atoms with E-state index in [4.69, 9.17) is 19.2 Å². The molecule has 0 saturated carbocycles. The number of hydrogen-bond donors (Lipinski definition) is 0. The van der Waals surface area contributed by atoms with Gasteiger partial charge in [-0.1, -0.05) is 61.5 Å². The summed E-state index contributed by atoms with van der Waals surface area (Å²) in [5.74, 6) is 2.54. The molecule has 0 aliphatic carbocycles. The van der Waals surface area contributed by atoms with Crippen molar-refractivity contribution >= 4 is 16.6 Å². The standard InChI is InChI=1S/C31H35N3O3/c1-3-33-15-17-34(18-16-33)31-27-12-8-7-11-25(27)21-29(32-31)28-14-13-26(22-30(28)35-2)37-20-19-36-23-24-9-5-4-6-10-24/h4-14,21-22H,3,15-20,23H2,1-2H3. The molecule has 6 nitrogen and oxygen atoms in total. The number of benzene rings is 3. The van der Waals surface area contributed by atoms with Gasteiger partial charge >= 0.3 is 0 Å². The largest absolute Gasteiger partial charge is 0.496 e. The van der Waals surface area contributed by atoms with Gasteiger partial charge in [0.1, 0.15) is 23.9 Å². The molecule has 4 aromatic rings. The smallest absolute Gasteiger partial charge is 0.137 e. The molecule has 192 valence electrons. The lowest BCUT2D eigenvalue weighted by Crippen LogP contribution is -2.46. The number of rotatable bonds is 10. The molecule has 6 heteroatoms. The quantitative estimate of drug-likeness (QED) is 0.264. The first-order valence-electron chi connectivity index (χ1n) is 13.0. The Labute approximate surface area is 219 Å². The predicted octanol–water partition coefficient (Wildman–Crippen LogP) is 5.65. The van der Waals surface area contributed by atoms with E-state index < -0.39 is 0 Å². The van der Waals surface area contributed by atoms with Gasteiger partial charge in [-0.2, -0.15) is 0 Å². The number of anilines is 1. The van der Waals surface area contributed by atoms with Gasteiger partial charge in [-0.3, -0.25) is 0 Å². The van der Waals surface area contributed by atoms with E-state index in [0.29, 0.717) is 19.8 Å². The summed E-state index contributed by atoms with van der Waals surface area (Å²) in [4.78, 5) is 10.1. The Kier molecular flexibility index (Phi) is 8.18. The van der Waals surface area contributed by atoms with Crippen molar-refractivity contribution in [2.75, 3.05) is 57.9 Å². The Morgan fingerprint density at radius 3 is 2.41 bits per heavy atom. The molecule has 37 heavy (non-hydrogen) atoms. The van der Waals surface area contributed by atoms with Gasteiger partial charge in [0.05, 0.1) is 26.0 Å². The third-order valence-corrected chi connectivity index (χ3v) is 6.90. The molecule has 0 unspecified atom stereocenters. The van der Waals surface area contributed by atoms with Crippen molar-refractivity contribution in [1.82, 2.24) is 9.88 Å². The van der Waals surface area contributed by atoms with Crippen LogP contribution in [0.3, 0.4) is 0 Å². The molecule has 0 amide bonds. The van der Waals surface area contributed by atoms with Gasteiger partial charge in [0.25, 0.3) is 0 Å². The second kappa shape index (κ2) is 12.1. The van der Waals surface area contributed by atoms with Crippen molar-refractivity contribution < 1.29 is 14.2 Å². The molecule has 1 aliphatic rings. The highest BCUT2D eigenvalue weighted by Gasteiger charge is 2.20. The van der Waals surface area contributed by atoms with E-state index in [1.54, 1.807) is 7.11 Å². The molecule has 0 N–H and O–H groups in total. The topological polar surface area (TPSA) is 47.1 Å². The number of aromatic nitrogens is 1. The minimum Gasteiger partial charge on any atom is -0.496 e. The molecule has 3 aromatic carbocycles. The van der Waals surface area contributed by atoms with Crippen molar-refractivity contribution in [3.63, 3.8) is 0 Å². The van der Waals surface area contributed by atoms with Gasteiger partial charge in [-0.25, -0.2) is 4.98 Å². The van der Waals surface area contributed by atoms with Crippen molar-refractivity contribution in [3.05, 3.63) is 84.4 Å². The predicted molar refractivity (Wildman–Crippen MR) is 150 cm³/mol. The highest BCUT2D eigenvalue weighted by atomic mass is 16.5. The zero-order valence-electron chi connectivity index (χ0n) is 21.7.